The Morgan fingerprint density at radius 1 is 0.424 bits per heavy atom. The van der Waals surface area contributed by atoms with Crippen LogP contribution in [0.5, 0.6) is 0 Å². The van der Waals surface area contributed by atoms with Crippen LogP contribution < -0.4 is 0 Å². The number of benzene rings is 11. The van der Waals surface area contributed by atoms with Crippen LogP contribution in [0, 0.1) is 29.7 Å². The molecule has 2 aromatic heterocycles. The van der Waals surface area contributed by atoms with Crippen molar-refractivity contribution in [2.45, 2.75) is 73.0 Å². The van der Waals surface area contributed by atoms with E-state index in [9.17, 15) is 11.8 Å². The fourth-order valence-corrected chi connectivity index (χ4v) is 19.6. The lowest BCUT2D eigenvalue weighted by Crippen LogP contribution is -2.43. The average Bonchev–Trinajstić information content (AvgIpc) is 1.67. The van der Waals surface area contributed by atoms with Gasteiger partial charge in [0.2, 0.25) is 0 Å². The normalized spacial score (nSPS) is 20.2. The first-order valence-electron chi connectivity index (χ1n) is 30.9. The molecule has 7 aliphatic rings. The van der Waals surface area contributed by atoms with Gasteiger partial charge in [0.15, 0.2) is 5.69 Å². The highest BCUT2D eigenvalue weighted by molar-refractivity contribution is 6.27. The van der Waals surface area contributed by atoms with Crippen LogP contribution in [-0.2, 0) is 16.2 Å². The highest BCUT2D eigenvalue weighted by Crippen LogP contribution is 2.66. The summed E-state index contributed by atoms with van der Waals surface area (Å²) in [4.78, 5) is 4.79. The molecule has 3 heteroatoms. The number of aromatic nitrogens is 1. The second-order valence-electron chi connectivity index (χ2n) is 25.9. The SMILES string of the molecule is [C-]#[N+]c1cc2c(c3c1C(c1ccccc1)(c1ccccc1)CCC3(c1ccccc1)c1ccccc1)c1cc(-c3ccc4c(c3)C3(c5ccccc5-c5ccccc53)c3ccccc3-4)cc3c4c5c(c(C#N)cc4n2c31)C1CC2CC(C1)CC5C2. The molecule has 1 spiro atoms. The van der Waals surface area contributed by atoms with Gasteiger partial charge in [-0.3, -0.25) is 0 Å². The highest BCUT2D eigenvalue weighted by atomic mass is 14.9. The monoisotopic (exact) mass is 1080 g/mol. The summed E-state index contributed by atoms with van der Waals surface area (Å²) in [6.45, 7) is 9.62. The van der Waals surface area contributed by atoms with Gasteiger partial charge >= 0.3 is 0 Å². The van der Waals surface area contributed by atoms with E-state index in [0.29, 0.717) is 29.4 Å². The molecule has 400 valence electrons. The number of hydrogen-bond donors (Lipinski definition) is 0. The number of nitrogens with zero attached hydrogens (tertiary/aromatic N) is 3. The van der Waals surface area contributed by atoms with E-state index >= 15 is 0 Å². The average molecular weight is 1080 g/mol. The Balaban J connectivity index is 1.01. The molecule has 0 saturated heterocycles. The Morgan fingerprint density at radius 3 is 1.38 bits per heavy atom. The van der Waals surface area contributed by atoms with Gasteiger partial charge in [-0.15, -0.1) is 0 Å². The Bertz CT molecular complexity index is 4940. The largest absolute Gasteiger partial charge is 0.309 e. The summed E-state index contributed by atoms with van der Waals surface area (Å²) in [5.41, 5.74) is 25.8. The predicted molar refractivity (Wildman–Crippen MR) is 344 cm³/mol. The van der Waals surface area contributed by atoms with Crippen LogP contribution >= 0.6 is 0 Å². The van der Waals surface area contributed by atoms with Crippen LogP contribution in [0.1, 0.15) is 129 Å². The van der Waals surface area contributed by atoms with Crippen LogP contribution in [0.15, 0.2) is 237 Å². The Hall–Kier alpha value is -9.80. The smallest absolute Gasteiger partial charge is 0.194 e. The van der Waals surface area contributed by atoms with E-state index in [1.165, 1.54) is 154 Å². The third kappa shape index (κ3) is 5.94. The van der Waals surface area contributed by atoms with Crippen molar-refractivity contribution in [3.8, 4) is 39.4 Å². The molecule has 2 fully saturated rings. The van der Waals surface area contributed by atoms with Gasteiger partial charge in [-0.25, -0.2) is 4.85 Å². The van der Waals surface area contributed by atoms with Crippen molar-refractivity contribution < 1.29 is 0 Å². The zero-order chi connectivity index (χ0) is 55.9. The van der Waals surface area contributed by atoms with E-state index in [1.54, 1.807) is 0 Å². The van der Waals surface area contributed by atoms with E-state index in [4.69, 9.17) is 4.85 Å². The van der Waals surface area contributed by atoms with Crippen molar-refractivity contribution in [2.75, 3.05) is 0 Å². The lowest BCUT2D eigenvalue weighted by Gasteiger charge is -2.50. The van der Waals surface area contributed by atoms with Gasteiger partial charge < -0.3 is 4.40 Å². The van der Waals surface area contributed by atoms with Gasteiger partial charge in [-0.1, -0.05) is 206 Å². The molecular weight excluding hydrogens is 1030 g/mol. The minimum atomic E-state index is -0.684. The molecule has 0 N–H and O–H groups in total. The van der Waals surface area contributed by atoms with E-state index in [0.717, 1.165) is 35.0 Å². The van der Waals surface area contributed by atoms with Crippen molar-refractivity contribution in [2.24, 2.45) is 11.8 Å². The predicted octanol–water partition coefficient (Wildman–Crippen LogP) is 20.1. The van der Waals surface area contributed by atoms with Gasteiger partial charge in [0.25, 0.3) is 0 Å². The topological polar surface area (TPSA) is 32.6 Å². The minimum Gasteiger partial charge on any atom is -0.309 e. The van der Waals surface area contributed by atoms with Gasteiger partial charge in [0, 0.05) is 37.9 Å². The molecule has 2 unspecified atom stereocenters. The third-order valence-electron chi connectivity index (χ3n) is 22.3. The molecule has 11 aromatic carbocycles. The zero-order valence-electron chi connectivity index (χ0n) is 47.1. The van der Waals surface area contributed by atoms with Crippen molar-refractivity contribution in [1.82, 2.24) is 4.40 Å². The van der Waals surface area contributed by atoms with Gasteiger partial charge in [0.05, 0.1) is 34.7 Å². The molecule has 13 aromatic rings. The molecule has 0 amide bonds. The molecule has 2 heterocycles. The maximum absolute atomic E-state index is 11.6. The quantitative estimate of drug-likeness (QED) is 0.158. The molecule has 85 heavy (non-hydrogen) atoms. The fraction of sp³-hybridized carbons (Fsp3) is 0.171. The summed E-state index contributed by atoms with van der Waals surface area (Å²) in [6, 6.07) is 92.1. The number of fused-ring (bicyclic) bond motifs is 18. The minimum absolute atomic E-state index is 0.385. The molecule has 20 rings (SSSR count). The fourth-order valence-electron chi connectivity index (χ4n) is 19.6. The van der Waals surface area contributed by atoms with Crippen molar-refractivity contribution >= 4 is 43.8 Å². The maximum atomic E-state index is 11.6. The van der Waals surface area contributed by atoms with Crippen LogP contribution in [0.25, 0.3) is 76.3 Å². The lowest BCUT2D eigenvalue weighted by molar-refractivity contribution is 0.166. The molecule has 2 atom stereocenters. The van der Waals surface area contributed by atoms with Crippen molar-refractivity contribution in [3.05, 3.63) is 320 Å². The Labute approximate surface area is 495 Å². The summed E-state index contributed by atoms with van der Waals surface area (Å²) in [5, 5.41) is 16.5. The second kappa shape index (κ2) is 17.2. The summed E-state index contributed by atoms with van der Waals surface area (Å²) in [7, 11) is 0. The van der Waals surface area contributed by atoms with Crippen LogP contribution in [0.2, 0.25) is 0 Å². The Kier molecular flexibility index (Phi) is 9.62. The molecule has 7 aliphatic carbocycles. The van der Waals surface area contributed by atoms with Gasteiger partial charge in [-0.2, -0.15) is 5.26 Å². The summed E-state index contributed by atoms with van der Waals surface area (Å²) in [6.07, 6.45) is 7.60. The van der Waals surface area contributed by atoms with E-state index in [1.807, 2.05) is 0 Å². The summed E-state index contributed by atoms with van der Waals surface area (Å²) in [5.74, 6) is 2.14. The lowest BCUT2D eigenvalue weighted by atomic mass is 9.52. The summed E-state index contributed by atoms with van der Waals surface area (Å²) >= 11 is 0. The van der Waals surface area contributed by atoms with E-state index in [-0.39, 0.29) is 0 Å². The van der Waals surface area contributed by atoms with E-state index < -0.39 is 16.2 Å². The van der Waals surface area contributed by atoms with Gasteiger partial charge in [0.1, 0.15) is 0 Å². The second-order valence-corrected chi connectivity index (χ2v) is 25.9. The molecule has 0 radical (unpaired) electrons. The number of hydrogen-bond acceptors (Lipinski definition) is 1. The third-order valence-corrected chi connectivity index (χ3v) is 22.3. The molecule has 4 bridgehead atoms. The van der Waals surface area contributed by atoms with Crippen LogP contribution in [0.4, 0.5) is 5.69 Å². The van der Waals surface area contributed by atoms with Crippen molar-refractivity contribution in [3.63, 3.8) is 0 Å². The first kappa shape index (κ1) is 47.7. The van der Waals surface area contributed by atoms with Crippen LogP contribution in [-0.4, -0.2) is 4.40 Å². The molecule has 2 saturated carbocycles. The number of nitriles is 1. The van der Waals surface area contributed by atoms with Crippen LogP contribution in [0.3, 0.4) is 0 Å². The Morgan fingerprint density at radius 2 is 0.871 bits per heavy atom. The molecule has 0 aliphatic heterocycles. The number of rotatable bonds is 5. The van der Waals surface area contributed by atoms with Gasteiger partial charge in [-0.05, 0) is 199 Å². The summed E-state index contributed by atoms with van der Waals surface area (Å²) < 4.78 is 2.55. The highest BCUT2D eigenvalue weighted by Gasteiger charge is 2.55. The van der Waals surface area contributed by atoms with Crippen molar-refractivity contribution in [1.29, 1.82) is 5.26 Å². The molecular formula is C82H57N3. The standard InChI is InChI=1S/C82H57N3/c1-84-70-47-72-76(78-77(70)80(56-20-6-2-7-21-56,57-22-8-3-9-23-57)36-37-81(78,58-24-10-4-11-25-58)59-26-12-5-13-27-59)65-44-52(43-64-75-71(85(72)79(64)65)46-55(48-83)73-53-39-49-38-50(40-53)42-54(41-49)74(73)75)51-34-35-63-62-30-16-19-33-68(62)82(69(63)45-51)66-31-17-14-28-60(66)61-29-15-18-32-67(61)82/h2-35,43-47,49-50,53-54H,36-42H2. The first-order chi connectivity index (χ1) is 42.0. The first-order valence-corrected chi connectivity index (χ1v) is 30.9. The zero-order valence-corrected chi connectivity index (χ0v) is 47.1. The maximum Gasteiger partial charge on any atom is 0.194 e. The molecule has 3 nitrogen and oxygen atoms in total. The van der Waals surface area contributed by atoms with E-state index in [2.05, 4.69) is 247 Å².